The van der Waals surface area contributed by atoms with E-state index in [9.17, 15) is 32.1 Å². The third-order valence-corrected chi connectivity index (χ3v) is 5.96. The molecule has 212 valence electrons. The van der Waals surface area contributed by atoms with Crippen molar-refractivity contribution in [3.8, 4) is 0 Å². The maximum atomic E-state index is 13.8. The number of carbonyl (C=O) groups excluding carboxylic acids is 3. The lowest BCUT2D eigenvalue weighted by atomic mass is 10.3. The van der Waals surface area contributed by atoms with Gasteiger partial charge in [-0.1, -0.05) is 54.6 Å². The standard InChI is InChI=1S/C27H21F3N3O7P/c28-16-22(25(34)31-19-10-4-1-5-11-19)38-41(37,39-23(17-29)26(35)32-20-12-6-2-7-13-20)40-24(18-30)27(36)33-21-14-8-3-9-15-21/h1-18H,(H,31,34)(H,32,35)(H,33,36)/b22-16+,23-17+,24-18+. The number of para-hydroxylation sites is 3. The van der Waals surface area contributed by atoms with Crippen molar-refractivity contribution in [2.45, 2.75) is 0 Å². The van der Waals surface area contributed by atoms with Crippen LogP contribution in [-0.2, 0) is 32.5 Å². The number of benzene rings is 3. The number of carbonyl (C=O) groups is 3. The average molecular weight is 587 g/mol. The summed E-state index contributed by atoms with van der Waals surface area (Å²) < 4.78 is 69.2. The highest BCUT2D eigenvalue weighted by atomic mass is 31.2. The second-order valence-electron chi connectivity index (χ2n) is 7.60. The summed E-state index contributed by atoms with van der Waals surface area (Å²) in [5.74, 6) is -8.03. The first kappa shape index (κ1) is 30.3. The van der Waals surface area contributed by atoms with Crippen molar-refractivity contribution in [3.63, 3.8) is 0 Å². The van der Waals surface area contributed by atoms with E-state index in [1.807, 2.05) is 0 Å². The summed E-state index contributed by atoms with van der Waals surface area (Å²) in [7, 11) is -5.62. The van der Waals surface area contributed by atoms with Crippen LogP contribution < -0.4 is 16.0 Å². The molecule has 0 saturated carbocycles. The van der Waals surface area contributed by atoms with Gasteiger partial charge in [0.05, 0.1) is 0 Å². The summed E-state index contributed by atoms with van der Waals surface area (Å²) in [4.78, 5) is 37.7. The van der Waals surface area contributed by atoms with Gasteiger partial charge in [-0.25, -0.2) is 13.2 Å². The second-order valence-corrected chi connectivity index (χ2v) is 9.04. The van der Waals surface area contributed by atoms with Crippen LogP contribution in [0.15, 0.2) is 127 Å². The Morgan fingerprint density at radius 3 is 0.976 bits per heavy atom. The Labute approximate surface area is 231 Å². The van der Waals surface area contributed by atoms with Gasteiger partial charge >= 0.3 is 7.82 Å². The van der Waals surface area contributed by atoms with E-state index in [2.05, 4.69) is 16.0 Å². The third kappa shape index (κ3) is 9.15. The Morgan fingerprint density at radius 1 is 0.512 bits per heavy atom. The van der Waals surface area contributed by atoms with Crippen molar-refractivity contribution in [2.75, 3.05) is 16.0 Å². The van der Waals surface area contributed by atoms with Gasteiger partial charge in [-0.05, 0) is 36.4 Å². The zero-order chi connectivity index (χ0) is 29.7. The summed E-state index contributed by atoms with van der Waals surface area (Å²) in [6.45, 7) is 0. The van der Waals surface area contributed by atoms with Crippen LogP contribution in [0.5, 0.6) is 0 Å². The normalized spacial score (nSPS) is 12.1. The van der Waals surface area contributed by atoms with E-state index in [4.69, 9.17) is 13.6 Å². The van der Waals surface area contributed by atoms with Gasteiger partial charge < -0.3 is 29.5 Å². The summed E-state index contributed by atoms with van der Waals surface area (Å²) in [5, 5.41) is 6.66. The van der Waals surface area contributed by atoms with E-state index in [0.717, 1.165) is 0 Å². The molecular formula is C27H21F3N3O7P. The first-order valence-electron chi connectivity index (χ1n) is 11.5. The zero-order valence-corrected chi connectivity index (χ0v) is 21.7. The van der Waals surface area contributed by atoms with Crippen LogP contribution in [-0.4, -0.2) is 17.7 Å². The third-order valence-electron chi connectivity index (χ3n) is 4.69. The fourth-order valence-electron chi connectivity index (χ4n) is 2.89. The van der Waals surface area contributed by atoms with Crippen LogP contribution in [0, 0.1) is 0 Å². The van der Waals surface area contributed by atoms with Gasteiger partial charge in [-0.3, -0.25) is 14.4 Å². The molecule has 0 radical (unpaired) electrons. The van der Waals surface area contributed by atoms with Crippen molar-refractivity contribution in [1.82, 2.24) is 0 Å². The number of phosphoric ester groups is 1. The molecule has 0 aromatic heterocycles. The predicted octanol–water partition coefficient (Wildman–Crippen LogP) is 6.49. The van der Waals surface area contributed by atoms with Crippen LogP contribution in [0.2, 0.25) is 0 Å². The van der Waals surface area contributed by atoms with Crippen molar-refractivity contribution >= 4 is 42.6 Å². The first-order chi connectivity index (χ1) is 19.8. The lowest BCUT2D eigenvalue weighted by Crippen LogP contribution is -2.21. The number of nitrogens with one attached hydrogen (secondary N) is 3. The molecule has 0 spiro atoms. The minimum Gasteiger partial charge on any atom is -0.377 e. The lowest BCUT2D eigenvalue weighted by molar-refractivity contribution is -0.115. The molecule has 41 heavy (non-hydrogen) atoms. The maximum Gasteiger partial charge on any atom is 0.647 e. The molecule has 3 amide bonds. The van der Waals surface area contributed by atoms with Crippen molar-refractivity contribution < 1.29 is 45.7 Å². The minimum absolute atomic E-state index is 0.162. The molecule has 0 fully saturated rings. The van der Waals surface area contributed by atoms with Gasteiger partial charge in [-0.15, -0.1) is 0 Å². The largest absolute Gasteiger partial charge is 0.647 e. The average Bonchev–Trinajstić information content (AvgIpc) is 2.99. The van der Waals surface area contributed by atoms with Crippen LogP contribution in [0.3, 0.4) is 0 Å². The number of anilines is 3. The number of phosphoric acid groups is 1. The smallest absolute Gasteiger partial charge is 0.377 e. The Bertz CT molecular complexity index is 1320. The van der Waals surface area contributed by atoms with E-state index < -0.39 is 61.8 Å². The molecule has 3 aromatic carbocycles. The summed E-state index contributed by atoms with van der Waals surface area (Å²) >= 11 is 0. The molecule has 0 heterocycles. The topological polar surface area (TPSA) is 132 Å². The quantitative estimate of drug-likeness (QED) is 0.125. The molecule has 0 unspecified atom stereocenters. The lowest BCUT2D eigenvalue weighted by Gasteiger charge is -2.21. The molecule has 0 aliphatic heterocycles. The van der Waals surface area contributed by atoms with Crippen LogP contribution >= 0.6 is 7.82 Å². The van der Waals surface area contributed by atoms with Gasteiger partial charge in [0.25, 0.3) is 17.7 Å². The van der Waals surface area contributed by atoms with E-state index >= 15 is 0 Å². The van der Waals surface area contributed by atoms with Gasteiger partial charge in [0.2, 0.25) is 17.3 Å². The van der Waals surface area contributed by atoms with E-state index in [0.29, 0.717) is 0 Å². The second kappa shape index (κ2) is 14.8. The molecule has 0 aliphatic carbocycles. The fourth-order valence-corrected chi connectivity index (χ4v) is 4.10. The summed E-state index contributed by atoms with van der Waals surface area (Å²) in [6.07, 6.45) is -1.32. The Balaban J connectivity index is 1.88. The number of amides is 3. The highest BCUT2D eigenvalue weighted by Crippen LogP contribution is 2.55. The first-order valence-corrected chi connectivity index (χ1v) is 12.9. The summed E-state index contributed by atoms with van der Waals surface area (Å²) in [5.41, 5.74) is 0.487. The number of rotatable bonds is 12. The van der Waals surface area contributed by atoms with Crippen LogP contribution in [0.25, 0.3) is 0 Å². The number of hydrogen-bond donors (Lipinski definition) is 3. The molecule has 0 saturated heterocycles. The molecule has 14 heteroatoms. The molecule has 3 aromatic rings. The SMILES string of the molecule is O=C(Nc1ccccc1)/C(=C\F)OP(=O)(O/C(=C/F)C(=O)Nc1ccccc1)O/C(=C/F)C(=O)Nc1ccccc1. The molecule has 10 nitrogen and oxygen atoms in total. The fraction of sp³-hybridized carbons (Fsp3) is 0. The molecule has 0 bridgehead atoms. The van der Waals surface area contributed by atoms with Crippen LogP contribution in [0.4, 0.5) is 30.2 Å². The van der Waals surface area contributed by atoms with Crippen molar-refractivity contribution in [3.05, 3.63) is 127 Å². The highest BCUT2D eigenvalue weighted by molar-refractivity contribution is 7.49. The zero-order valence-electron chi connectivity index (χ0n) is 20.8. The molecular weight excluding hydrogens is 566 g/mol. The van der Waals surface area contributed by atoms with E-state index in [-0.39, 0.29) is 17.1 Å². The molecule has 0 aliphatic rings. The van der Waals surface area contributed by atoms with E-state index in [1.54, 1.807) is 54.6 Å². The van der Waals surface area contributed by atoms with Crippen molar-refractivity contribution in [1.29, 1.82) is 0 Å². The van der Waals surface area contributed by atoms with Gasteiger partial charge in [0.1, 0.15) is 19.0 Å². The van der Waals surface area contributed by atoms with Gasteiger partial charge in [0, 0.05) is 17.1 Å². The molecule has 3 N–H and O–H groups in total. The Hall–Kier alpha value is -5.29. The van der Waals surface area contributed by atoms with Crippen LogP contribution in [0.1, 0.15) is 0 Å². The molecule has 0 atom stereocenters. The van der Waals surface area contributed by atoms with Crippen molar-refractivity contribution in [2.24, 2.45) is 0 Å². The Morgan fingerprint density at radius 2 is 0.756 bits per heavy atom. The maximum absolute atomic E-state index is 13.8. The van der Waals surface area contributed by atoms with E-state index in [1.165, 1.54) is 36.4 Å². The molecule has 3 rings (SSSR count). The monoisotopic (exact) mass is 587 g/mol. The summed E-state index contributed by atoms with van der Waals surface area (Å²) in [6, 6.07) is 22.7. The van der Waals surface area contributed by atoms with Gasteiger partial charge in [-0.2, -0.15) is 4.57 Å². The van der Waals surface area contributed by atoms with Gasteiger partial charge in [0.15, 0.2) is 0 Å². The Kier molecular flexibility index (Phi) is 10.9. The number of halogens is 3. The number of hydrogen-bond acceptors (Lipinski definition) is 7. The minimum atomic E-state index is -5.62. The predicted molar refractivity (Wildman–Crippen MR) is 144 cm³/mol. The highest BCUT2D eigenvalue weighted by Gasteiger charge is 2.40.